The molecular formula is C24H23ClF4N3O8PS. The molecule has 18 heteroatoms. The van der Waals surface area contributed by atoms with Gasteiger partial charge >= 0.3 is 18.3 Å². The van der Waals surface area contributed by atoms with Crippen molar-refractivity contribution in [1.29, 1.82) is 0 Å². The average Bonchev–Trinajstić information content (AvgIpc) is 3.16. The molecule has 11 nitrogen and oxygen atoms in total. The topological polar surface area (TPSA) is 137 Å². The number of aliphatic hydroxyl groups excluding tert-OH is 1. The van der Waals surface area contributed by atoms with Gasteiger partial charge in [0.05, 0.1) is 25.8 Å². The lowest BCUT2D eigenvalue weighted by molar-refractivity contribution is -0.192. The summed E-state index contributed by atoms with van der Waals surface area (Å²) in [5.74, 6) is -3.94. The Morgan fingerprint density at radius 3 is 2.00 bits per heavy atom. The molecule has 2 aromatic carbocycles. The molecule has 0 radical (unpaired) electrons. The molecule has 2 heterocycles. The fourth-order valence-corrected chi connectivity index (χ4v) is 5.89. The van der Waals surface area contributed by atoms with E-state index in [1.807, 2.05) is 0 Å². The summed E-state index contributed by atoms with van der Waals surface area (Å²) >= 11 is 11.2. The molecule has 3 atom stereocenters. The van der Waals surface area contributed by atoms with Crippen LogP contribution in [0.3, 0.4) is 0 Å². The molecule has 3 N–H and O–H groups in total. The summed E-state index contributed by atoms with van der Waals surface area (Å²) in [5, 5.41) is 10.1. The quantitative estimate of drug-likeness (QED) is 0.224. The minimum atomic E-state index is -4.47. The lowest BCUT2D eigenvalue weighted by Gasteiger charge is -2.32. The second kappa shape index (κ2) is 12.2. The van der Waals surface area contributed by atoms with Crippen molar-refractivity contribution in [2.24, 2.45) is 0 Å². The highest BCUT2D eigenvalue weighted by Gasteiger charge is 2.71. The number of nitrogens with two attached hydrogens (primary N) is 1. The fraction of sp³-hybridized carbons (Fsp3) is 0.333. The van der Waals surface area contributed by atoms with E-state index in [-0.39, 0.29) is 16.1 Å². The molecule has 42 heavy (non-hydrogen) atoms. The number of ether oxygens (including phenoxy) is 3. The van der Waals surface area contributed by atoms with Gasteiger partial charge in [-0.05, 0) is 48.5 Å². The van der Waals surface area contributed by atoms with Crippen LogP contribution in [-0.2, 0) is 21.1 Å². The monoisotopic (exact) mass is 655 g/mol. The molecule has 0 saturated carbocycles. The Morgan fingerprint density at radius 1 is 1.07 bits per heavy atom. The third kappa shape index (κ3) is 6.28. The van der Waals surface area contributed by atoms with Crippen molar-refractivity contribution in [2.75, 3.05) is 26.6 Å². The van der Waals surface area contributed by atoms with E-state index in [1.54, 1.807) is 0 Å². The summed E-state index contributed by atoms with van der Waals surface area (Å²) < 4.78 is 91.9. The van der Waals surface area contributed by atoms with E-state index in [4.69, 9.17) is 56.9 Å². The largest absolute Gasteiger partial charge is 0.497 e. The first-order chi connectivity index (χ1) is 19.7. The van der Waals surface area contributed by atoms with Crippen LogP contribution >= 0.6 is 18.3 Å². The van der Waals surface area contributed by atoms with Gasteiger partial charge in [0.25, 0.3) is 6.43 Å². The summed E-state index contributed by atoms with van der Waals surface area (Å²) in [6.45, 7) is -5.62. The lowest BCUT2D eigenvalue weighted by Crippen LogP contribution is -2.54. The van der Waals surface area contributed by atoms with Crippen molar-refractivity contribution in [2.45, 2.75) is 30.3 Å². The maximum Gasteiger partial charge on any atom is 0.435 e. The number of hydrogen-bond donors (Lipinski definition) is 2. The molecule has 1 aromatic heterocycles. The van der Waals surface area contributed by atoms with Crippen molar-refractivity contribution in [1.82, 2.24) is 9.55 Å². The first-order valence-corrected chi connectivity index (χ1v) is 14.7. The van der Waals surface area contributed by atoms with Gasteiger partial charge in [-0.1, -0.05) is 11.6 Å². The first-order valence-electron chi connectivity index (χ1n) is 11.7. The van der Waals surface area contributed by atoms with Gasteiger partial charge < -0.3 is 34.1 Å². The van der Waals surface area contributed by atoms with Gasteiger partial charge in [0, 0.05) is 18.0 Å². The third-order valence-corrected chi connectivity index (χ3v) is 8.41. The zero-order valence-corrected chi connectivity index (χ0v) is 24.1. The Balaban J connectivity index is 1.68. The molecule has 3 aromatic rings. The minimum absolute atomic E-state index is 0.0592. The van der Waals surface area contributed by atoms with Gasteiger partial charge in [-0.2, -0.15) is 13.8 Å². The molecule has 4 rings (SSSR count). The summed E-state index contributed by atoms with van der Waals surface area (Å²) in [6.07, 6.45) is -9.14. The van der Waals surface area contributed by atoms with Crippen LogP contribution in [0.5, 0.6) is 23.0 Å². The molecular weight excluding hydrogens is 633 g/mol. The Hall–Kier alpha value is -3.14. The molecule has 0 spiro atoms. The van der Waals surface area contributed by atoms with Crippen LogP contribution in [-0.4, -0.2) is 59.5 Å². The van der Waals surface area contributed by atoms with Crippen LogP contribution in [0.2, 0.25) is 5.02 Å². The SMILES string of the molecule is COc1ccc(OP(=S)(OCC2(C(F)F)OC(n3cc(Cl)c(N)nc3=O)C(F)(F)C2O)Oc2ccc(OC)cc2)cc1. The van der Waals surface area contributed by atoms with Gasteiger partial charge in [-0.25, -0.2) is 13.6 Å². The summed E-state index contributed by atoms with van der Waals surface area (Å²) in [6, 6.07) is 11.7. The van der Waals surface area contributed by atoms with Gasteiger partial charge in [0.15, 0.2) is 11.7 Å². The zero-order chi connectivity index (χ0) is 30.9. The Labute approximate surface area is 245 Å². The first kappa shape index (κ1) is 31.8. The molecule has 228 valence electrons. The highest BCUT2D eigenvalue weighted by atomic mass is 35.5. The zero-order valence-electron chi connectivity index (χ0n) is 21.7. The van der Waals surface area contributed by atoms with Crippen LogP contribution in [0, 0.1) is 0 Å². The fourth-order valence-electron chi connectivity index (χ4n) is 3.81. The highest BCUT2D eigenvalue weighted by Crippen LogP contribution is 2.55. The molecule has 1 aliphatic rings. The Bertz CT molecular complexity index is 1470. The smallest absolute Gasteiger partial charge is 0.435 e. The van der Waals surface area contributed by atoms with Crippen LogP contribution in [0.1, 0.15) is 6.23 Å². The molecule has 3 unspecified atom stereocenters. The summed E-state index contributed by atoms with van der Waals surface area (Å²) in [4.78, 5) is 15.6. The third-order valence-electron chi connectivity index (χ3n) is 6.05. The van der Waals surface area contributed by atoms with E-state index in [9.17, 15) is 18.7 Å². The predicted molar refractivity (Wildman–Crippen MR) is 145 cm³/mol. The normalized spacial score (nSPS) is 21.7. The van der Waals surface area contributed by atoms with E-state index in [2.05, 4.69) is 4.98 Å². The van der Waals surface area contributed by atoms with E-state index < -0.39 is 60.1 Å². The number of anilines is 1. The van der Waals surface area contributed by atoms with Crippen molar-refractivity contribution >= 4 is 35.9 Å². The molecule has 0 bridgehead atoms. The predicted octanol–water partition coefficient (Wildman–Crippen LogP) is 4.42. The maximum absolute atomic E-state index is 15.3. The van der Waals surface area contributed by atoms with E-state index in [0.29, 0.717) is 17.7 Å². The standard InChI is InChI=1S/C24H23ClF4N3O8PS/c1-35-13-3-7-15(8-4-13)39-41(42,40-16-9-5-14(36-2)6-10-16)37-12-23(20(26)27)19(33)24(28,29)21(38-23)32-11-17(25)18(30)31-22(32)34/h3-11,19-21,33H,12H2,1-2H3,(H2,30,31,34). The van der Waals surface area contributed by atoms with Crippen molar-refractivity contribution < 1.29 is 50.5 Å². The van der Waals surface area contributed by atoms with Crippen LogP contribution in [0.25, 0.3) is 0 Å². The average molecular weight is 656 g/mol. The molecule has 0 amide bonds. The minimum Gasteiger partial charge on any atom is -0.497 e. The highest BCUT2D eigenvalue weighted by molar-refractivity contribution is 8.07. The van der Waals surface area contributed by atoms with Crippen LogP contribution in [0.15, 0.2) is 59.5 Å². The van der Waals surface area contributed by atoms with Gasteiger partial charge in [-0.15, -0.1) is 0 Å². The van der Waals surface area contributed by atoms with Gasteiger partial charge in [0.1, 0.15) is 28.8 Å². The second-order valence-corrected chi connectivity index (χ2v) is 12.0. The van der Waals surface area contributed by atoms with Gasteiger partial charge in [-0.3, -0.25) is 9.09 Å². The number of alkyl halides is 4. The number of methoxy groups -OCH3 is 2. The van der Waals surface area contributed by atoms with Crippen molar-refractivity contribution in [3.8, 4) is 23.0 Å². The Kier molecular flexibility index (Phi) is 9.25. The number of aliphatic hydroxyl groups is 1. The molecule has 1 fully saturated rings. The Morgan fingerprint density at radius 2 is 1.55 bits per heavy atom. The van der Waals surface area contributed by atoms with Crippen molar-refractivity contribution in [3.05, 3.63) is 70.2 Å². The summed E-state index contributed by atoms with van der Waals surface area (Å²) in [5.41, 5.74) is 0.604. The number of benzene rings is 2. The van der Waals surface area contributed by atoms with E-state index in [0.717, 1.165) is 0 Å². The van der Waals surface area contributed by atoms with E-state index in [1.165, 1.54) is 62.8 Å². The summed E-state index contributed by atoms with van der Waals surface area (Å²) in [7, 11) is 2.86. The number of rotatable bonds is 11. The molecule has 1 saturated heterocycles. The lowest BCUT2D eigenvalue weighted by atomic mass is 9.96. The second-order valence-electron chi connectivity index (χ2n) is 8.72. The van der Waals surface area contributed by atoms with Crippen LogP contribution < -0.4 is 29.9 Å². The number of aromatic nitrogens is 2. The number of halogens is 5. The number of nitrogens with zero attached hydrogens (tertiary/aromatic N) is 2. The maximum atomic E-state index is 15.3. The number of nitrogen functional groups attached to an aromatic ring is 1. The van der Waals surface area contributed by atoms with Gasteiger partial charge in [0.2, 0.25) is 6.23 Å². The van der Waals surface area contributed by atoms with Crippen molar-refractivity contribution in [3.63, 3.8) is 0 Å². The number of hydrogen-bond acceptors (Lipinski definition) is 11. The van der Waals surface area contributed by atoms with E-state index >= 15 is 8.78 Å². The molecule has 1 aliphatic heterocycles. The molecule has 0 aliphatic carbocycles. The van der Waals surface area contributed by atoms with Crippen LogP contribution in [0.4, 0.5) is 23.4 Å².